The molecule has 1 aromatic carbocycles. The van der Waals surface area contributed by atoms with E-state index in [4.69, 9.17) is 5.26 Å². The normalized spacial score (nSPS) is 16.2. The molecule has 5 heteroatoms. The molecule has 0 aromatic heterocycles. The summed E-state index contributed by atoms with van der Waals surface area (Å²) in [6, 6.07) is 10.6. The first kappa shape index (κ1) is 15.0. The average Bonchev–Trinajstić information content (AvgIpc) is 2.50. The Bertz CT molecular complexity index is 550. The molecule has 1 aromatic rings. The summed E-state index contributed by atoms with van der Waals surface area (Å²) in [5.74, 6) is -0.202. The van der Waals surface area contributed by atoms with E-state index in [0.717, 1.165) is 18.4 Å². The van der Waals surface area contributed by atoms with Crippen LogP contribution in [-0.4, -0.2) is 41.8 Å². The van der Waals surface area contributed by atoms with Crippen LogP contribution < -0.4 is 0 Å². The van der Waals surface area contributed by atoms with Gasteiger partial charge in [0.2, 0.25) is 5.91 Å². The second-order valence-electron chi connectivity index (χ2n) is 5.21. The van der Waals surface area contributed by atoms with Crippen LogP contribution in [0.5, 0.6) is 0 Å². The molecule has 1 aliphatic rings. The van der Waals surface area contributed by atoms with Gasteiger partial charge in [-0.2, -0.15) is 5.26 Å². The molecule has 2 amide bonds. The molecule has 21 heavy (non-hydrogen) atoms. The largest absolute Gasteiger partial charge is 0.330 e. The van der Waals surface area contributed by atoms with Gasteiger partial charge in [0.1, 0.15) is 12.6 Å². The van der Waals surface area contributed by atoms with Crippen molar-refractivity contribution in [2.45, 2.75) is 25.3 Å². The van der Waals surface area contributed by atoms with Crippen molar-refractivity contribution < 1.29 is 9.59 Å². The highest BCUT2D eigenvalue weighted by Gasteiger charge is 2.34. The molecule has 110 valence electrons. The Balaban J connectivity index is 2.33. The number of carbonyl (C=O) groups excluding carboxylic acids is 2. The van der Waals surface area contributed by atoms with Crippen LogP contribution in [-0.2, 0) is 9.59 Å². The zero-order valence-electron chi connectivity index (χ0n) is 12.2. The lowest BCUT2D eigenvalue weighted by Gasteiger charge is -2.35. The fourth-order valence-corrected chi connectivity index (χ4v) is 2.58. The van der Waals surface area contributed by atoms with E-state index in [2.05, 4.69) is 0 Å². The predicted octanol–water partition coefficient (Wildman–Crippen LogP) is 1.72. The average molecular weight is 285 g/mol. The third kappa shape index (κ3) is 3.40. The summed E-state index contributed by atoms with van der Waals surface area (Å²) in [5, 5.41) is 8.78. The van der Waals surface area contributed by atoms with E-state index in [-0.39, 0.29) is 18.4 Å². The van der Waals surface area contributed by atoms with Crippen molar-refractivity contribution in [3.05, 3.63) is 35.9 Å². The Morgan fingerprint density at radius 2 is 2.10 bits per heavy atom. The fourth-order valence-electron chi connectivity index (χ4n) is 2.58. The van der Waals surface area contributed by atoms with Crippen molar-refractivity contribution in [3.63, 3.8) is 0 Å². The molecule has 1 heterocycles. The van der Waals surface area contributed by atoms with E-state index in [1.807, 2.05) is 36.4 Å². The molecule has 1 unspecified atom stereocenters. The first-order valence-corrected chi connectivity index (χ1v) is 7.11. The van der Waals surface area contributed by atoms with Gasteiger partial charge in [-0.05, 0) is 18.4 Å². The summed E-state index contributed by atoms with van der Waals surface area (Å²) < 4.78 is 0. The molecule has 0 radical (unpaired) electrons. The van der Waals surface area contributed by atoms with Gasteiger partial charge in [0, 0.05) is 20.0 Å². The molecule has 1 fully saturated rings. The minimum atomic E-state index is -0.627. The first-order chi connectivity index (χ1) is 10.1. The number of nitriles is 1. The van der Waals surface area contributed by atoms with Crippen molar-refractivity contribution >= 4 is 11.8 Å². The Kier molecular flexibility index (Phi) is 4.94. The number of amides is 2. The summed E-state index contributed by atoms with van der Waals surface area (Å²) in [6.07, 6.45) is 2.27. The number of piperidine rings is 1. The predicted molar refractivity (Wildman–Crippen MR) is 78.0 cm³/mol. The molecule has 1 aliphatic heterocycles. The molecule has 0 bridgehead atoms. The van der Waals surface area contributed by atoms with Crippen molar-refractivity contribution in [1.82, 2.24) is 9.80 Å². The highest BCUT2D eigenvalue weighted by Crippen LogP contribution is 2.27. The maximum Gasteiger partial charge on any atom is 0.250 e. The highest BCUT2D eigenvalue weighted by atomic mass is 16.2. The van der Waals surface area contributed by atoms with Gasteiger partial charge in [-0.3, -0.25) is 9.59 Å². The molecule has 0 aliphatic carbocycles. The number of nitrogens with zero attached hydrogens (tertiary/aromatic N) is 3. The minimum Gasteiger partial charge on any atom is -0.330 e. The zero-order valence-corrected chi connectivity index (χ0v) is 12.2. The van der Waals surface area contributed by atoms with Gasteiger partial charge >= 0.3 is 0 Å². The molecule has 0 spiro atoms. The summed E-state index contributed by atoms with van der Waals surface area (Å²) in [5.41, 5.74) is 0.794. The lowest BCUT2D eigenvalue weighted by molar-refractivity contribution is -0.146. The van der Waals surface area contributed by atoms with Crippen molar-refractivity contribution in [3.8, 4) is 6.07 Å². The van der Waals surface area contributed by atoms with Gasteiger partial charge in [-0.1, -0.05) is 30.3 Å². The Hall–Kier alpha value is -2.35. The van der Waals surface area contributed by atoms with Crippen LogP contribution in [0.15, 0.2) is 30.3 Å². The maximum absolute atomic E-state index is 12.7. The number of likely N-dealkylation sites (tertiary alicyclic amines) is 1. The van der Waals surface area contributed by atoms with Gasteiger partial charge < -0.3 is 9.80 Å². The van der Waals surface area contributed by atoms with Crippen LogP contribution in [0.2, 0.25) is 0 Å². The van der Waals surface area contributed by atoms with Crippen LogP contribution in [0, 0.1) is 11.3 Å². The molecule has 0 saturated carbocycles. The number of hydrogen-bond acceptors (Lipinski definition) is 3. The van der Waals surface area contributed by atoms with Gasteiger partial charge in [-0.25, -0.2) is 0 Å². The monoisotopic (exact) mass is 285 g/mol. The molecule has 2 rings (SSSR count). The quantitative estimate of drug-likeness (QED) is 0.791. The van der Waals surface area contributed by atoms with Crippen LogP contribution in [0.25, 0.3) is 0 Å². The first-order valence-electron chi connectivity index (χ1n) is 7.11. The third-order valence-corrected chi connectivity index (χ3v) is 3.71. The molecular formula is C16H19N3O2. The van der Waals surface area contributed by atoms with Crippen LogP contribution in [0.1, 0.15) is 30.9 Å². The molecule has 5 nitrogen and oxygen atoms in total. The lowest BCUT2D eigenvalue weighted by atomic mass is 10.00. The standard InChI is InChI=1S/C16H19N3O2/c1-18(12-10-17)16(21)15(13-7-3-2-4-8-13)19-11-6-5-9-14(19)20/h2-4,7-8,15H,5-6,9,11-12H2,1H3. The van der Waals surface area contributed by atoms with E-state index in [9.17, 15) is 9.59 Å². The van der Waals surface area contributed by atoms with Crippen LogP contribution >= 0.6 is 0 Å². The molecule has 1 saturated heterocycles. The fraction of sp³-hybridized carbons (Fsp3) is 0.438. The topological polar surface area (TPSA) is 64.4 Å². The van der Waals surface area contributed by atoms with E-state index < -0.39 is 6.04 Å². The highest BCUT2D eigenvalue weighted by molar-refractivity contribution is 5.89. The van der Waals surface area contributed by atoms with E-state index in [1.165, 1.54) is 4.90 Å². The van der Waals surface area contributed by atoms with E-state index in [1.54, 1.807) is 11.9 Å². The van der Waals surface area contributed by atoms with Gasteiger partial charge in [0.05, 0.1) is 6.07 Å². The second kappa shape index (κ2) is 6.89. The number of rotatable bonds is 4. The zero-order chi connectivity index (χ0) is 15.2. The van der Waals surface area contributed by atoms with Crippen molar-refractivity contribution in [2.24, 2.45) is 0 Å². The van der Waals surface area contributed by atoms with E-state index in [0.29, 0.717) is 13.0 Å². The SMILES string of the molecule is CN(CC#N)C(=O)C(c1ccccc1)N1CCCCC1=O. The third-order valence-electron chi connectivity index (χ3n) is 3.71. The molecular weight excluding hydrogens is 266 g/mol. The molecule has 0 N–H and O–H groups in total. The van der Waals surface area contributed by atoms with Gasteiger partial charge in [0.25, 0.3) is 5.91 Å². The summed E-state index contributed by atoms with van der Waals surface area (Å²) in [6.45, 7) is 0.606. The number of benzene rings is 1. The van der Waals surface area contributed by atoms with Crippen molar-refractivity contribution in [2.75, 3.05) is 20.1 Å². The molecule has 1 atom stereocenters. The van der Waals surface area contributed by atoms with Gasteiger partial charge in [0.15, 0.2) is 0 Å². The van der Waals surface area contributed by atoms with Crippen LogP contribution in [0.4, 0.5) is 0 Å². The Morgan fingerprint density at radius 3 is 2.71 bits per heavy atom. The summed E-state index contributed by atoms with van der Waals surface area (Å²) in [4.78, 5) is 27.9. The Labute approximate surface area is 124 Å². The number of hydrogen-bond donors (Lipinski definition) is 0. The van der Waals surface area contributed by atoms with Gasteiger partial charge in [-0.15, -0.1) is 0 Å². The Morgan fingerprint density at radius 1 is 1.38 bits per heavy atom. The summed E-state index contributed by atoms with van der Waals surface area (Å²) >= 11 is 0. The maximum atomic E-state index is 12.7. The lowest BCUT2D eigenvalue weighted by Crippen LogP contribution is -2.46. The number of carbonyl (C=O) groups is 2. The minimum absolute atomic E-state index is 0.00816. The van der Waals surface area contributed by atoms with Crippen LogP contribution in [0.3, 0.4) is 0 Å². The smallest absolute Gasteiger partial charge is 0.250 e. The number of likely N-dealkylation sites (N-methyl/N-ethyl adjacent to an activating group) is 1. The van der Waals surface area contributed by atoms with Crippen molar-refractivity contribution in [1.29, 1.82) is 5.26 Å². The summed E-state index contributed by atoms with van der Waals surface area (Å²) in [7, 11) is 1.59. The van der Waals surface area contributed by atoms with E-state index >= 15 is 0 Å². The second-order valence-corrected chi connectivity index (χ2v) is 5.21.